The summed E-state index contributed by atoms with van der Waals surface area (Å²) in [6, 6.07) is 7.78. The summed E-state index contributed by atoms with van der Waals surface area (Å²) in [5.74, 6) is 1.02. The SMILES string of the molecule is CN1CCC(CCNCc2ccc(/C(N)=N/O)cc2)CC1. The van der Waals surface area contributed by atoms with Gasteiger partial charge in [0, 0.05) is 12.1 Å². The molecule has 0 bridgehead atoms. The van der Waals surface area contributed by atoms with Gasteiger partial charge in [-0.2, -0.15) is 0 Å². The molecular formula is C16H26N4O. The first-order chi connectivity index (χ1) is 10.2. The van der Waals surface area contributed by atoms with Crippen molar-refractivity contribution in [2.45, 2.75) is 25.8 Å². The summed E-state index contributed by atoms with van der Waals surface area (Å²) in [7, 11) is 2.20. The van der Waals surface area contributed by atoms with Crippen LogP contribution in [0.4, 0.5) is 0 Å². The summed E-state index contributed by atoms with van der Waals surface area (Å²) in [4.78, 5) is 2.41. The number of amidine groups is 1. The number of likely N-dealkylation sites (tertiary alicyclic amines) is 1. The lowest BCUT2D eigenvalue weighted by atomic mass is 9.94. The number of nitrogens with one attached hydrogen (secondary N) is 1. The zero-order valence-corrected chi connectivity index (χ0v) is 12.8. The normalized spacial score (nSPS) is 18.0. The van der Waals surface area contributed by atoms with Gasteiger partial charge in [0.25, 0.3) is 0 Å². The fourth-order valence-electron chi connectivity index (χ4n) is 2.74. The van der Waals surface area contributed by atoms with Crippen molar-refractivity contribution in [2.24, 2.45) is 16.8 Å². The minimum atomic E-state index is 0.150. The number of nitrogens with two attached hydrogens (primary N) is 1. The molecule has 0 radical (unpaired) electrons. The molecule has 0 aliphatic carbocycles. The standard InChI is InChI=1S/C16H26N4O/c1-20-10-7-13(8-11-20)6-9-18-12-14-2-4-15(5-3-14)16(17)19-21/h2-5,13,18,21H,6-12H2,1H3,(H2,17,19). The minimum absolute atomic E-state index is 0.150. The maximum atomic E-state index is 8.62. The molecule has 5 heteroatoms. The average Bonchev–Trinajstić information content (AvgIpc) is 2.53. The number of hydrogen-bond donors (Lipinski definition) is 3. The highest BCUT2D eigenvalue weighted by molar-refractivity contribution is 5.96. The molecule has 0 amide bonds. The third-order valence-electron chi connectivity index (χ3n) is 4.25. The second kappa shape index (κ2) is 8.00. The van der Waals surface area contributed by atoms with E-state index in [0.717, 1.165) is 24.6 Å². The van der Waals surface area contributed by atoms with Gasteiger partial charge in [0.2, 0.25) is 0 Å². The van der Waals surface area contributed by atoms with Gasteiger partial charge in [0.1, 0.15) is 0 Å². The van der Waals surface area contributed by atoms with Crippen LogP contribution in [-0.2, 0) is 6.54 Å². The van der Waals surface area contributed by atoms with Crippen molar-refractivity contribution in [3.63, 3.8) is 0 Å². The Kier molecular flexibility index (Phi) is 6.02. The van der Waals surface area contributed by atoms with E-state index in [4.69, 9.17) is 10.9 Å². The van der Waals surface area contributed by atoms with Crippen LogP contribution in [-0.4, -0.2) is 42.6 Å². The van der Waals surface area contributed by atoms with Gasteiger partial charge < -0.3 is 21.2 Å². The van der Waals surface area contributed by atoms with Gasteiger partial charge >= 0.3 is 0 Å². The van der Waals surface area contributed by atoms with Crippen LogP contribution in [0.5, 0.6) is 0 Å². The first-order valence-corrected chi connectivity index (χ1v) is 7.65. The van der Waals surface area contributed by atoms with Crippen molar-refractivity contribution in [3.05, 3.63) is 35.4 Å². The first kappa shape index (κ1) is 15.8. The Morgan fingerprint density at radius 3 is 2.62 bits per heavy atom. The van der Waals surface area contributed by atoms with Crippen LogP contribution in [0.1, 0.15) is 30.4 Å². The lowest BCUT2D eigenvalue weighted by Crippen LogP contribution is -2.31. The number of nitrogens with zero attached hydrogens (tertiary/aromatic N) is 2. The van der Waals surface area contributed by atoms with Gasteiger partial charge in [-0.05, 0) is 57.4 Å². The molecule has 0 aromatic heterocycles. The first-order valence-electron chi connectivity index (χ1n) is 7.65. The molecule has 1 saturated heterocycles. The monoisotopic (exact) mass is 290 g/mol. The Labute approximate surface area is 126 Å². The summed E-state index contributed by atoms with van der Waals surface area (Å²) in [5, 5.41) is 15.1. The fourth-order valence-corrected chi connectivity index (χ4v) is 2.74. The maximum absolute atomic E-state index is 8.62. The van der Waals surface area contributed by atoms with Crippen molar-refractivity contribution < 1.29 is 5.21 Å². The number of piperidine rings is 1. The maximum Gasteiger partial charge on any atom is 0.170 e. The van der Waals surface area contributed by atoms with Gasteiger partial charge in [-0.25, -0.2) is 0 Å². The van der Waals surface area contributed by atoms with Crippen molar-refractivity contribution in [1.29, 1.82) is 0 Å². The molecule has 1 fully saturated rings. The summed E-state index contributed by atoms with van der Waals surface area (Å²) < 4.78 is 0. The van der Waals surface area contributed by atoms with E-state index in [0.29, 0.717) is 0 Å². The van der Waals surface area contributed by atoms with E-state index in [1.807, 2.05) is 24.3 Å². The predicted octanol–water partition coefficient (Wildman–Crippen LogP) is 1.60. The summed E-state index contributed by atoms with van der Waals surface area (Å²) >= 11 is 0. The Hall–Kier alpha value is -1.59. The molecule has 0 unspecified atom stereocenters. The molecule has 0 atom stereocenters. The third kappa shape index (κ3) is 5.02. The van der Waals surface area contributed by atoms with Crippen molar-refractivity contribution in [1.82, 2.24) is 10.2 Å². The van der Waals surface area contributed by atoms with Crippen molar-refractivity contribution in [2.75, 3.05) is 26.7 Å². The molecule has 1 aromatic carbocycles. The van der Waals surface area contributed by atoms with E-state index in [2.05, 4.69) is 22.4 Å². The third-order valence-corrected chi connectivity index (χ3v) is 4.25. The largest absolute Gasteiger partial charge is 0.409 e. The van der Waals surface area contributed by atoms with E-state index in [9.17, 15) is 0 Å². The molecule has 1 aliphatic rings. The van der Waals surface area contributed by atoms with Gasteiger partial charge in [-0.15, -0.1) is 0 Å². The number of hydrogen-bond acceptors (Lipinski definition) is 4. The Bertz CT molecular complexity index is 450. The highest BCUT2D eigenvalue weighted by Crippen LogP contribution is 2.18. The molecule has 4 N–H and O–H groups in total. The van der Waals surface area contributed by atoms with Crippen LogP contribution in [0.3, 0.4) is 0 Å². The zero-order chi connectivity index (χ0) is 15.1. The van der Waals surface area contributed by atoms with E-state index in [1.54, 1.807) is 0 Å². The van der Waals surface area contributed by atoms with Crippen LogP contribution in [0, 0.1) is 5.92 Å². The van der Waals surface area contributed by atoms with E-state index < -0.39 is 0 Å². The van der Waals surface area contributed by atoms with E-state index >= 15 is 0 Å². The van der Waals surface area contributed by atoms with Crippen LogP contribution in [0.25, 0.3) is 0 Å². The van der Waals surface area contributed by atoms with E-state index in [-0.39, 0.29) is 5.84 Å². The number of benzene rings is 1. The highest BCUT2D eigenvalue weighted by Gasteiger charge is 2.15. The molecule has 0 spiro atoms. The average molecular weight is 290 g/mol. The summed E-state index contributed by atoms with van der Waals surface area (Å²) in [6.07, 6.45) is 3.91. The topological polar surface area (TPSA) is 73.9 Å². The molecule has 0 saturated carbocycles. The Morgan fingerprint density at radius 1 is 1.33 bits per heavy atom. The predicted molar refractivity (Wildman–Crippen MR) is 85.5 cm³/mol. The molecule has 1 aromatic rings. The molecule has 2 rings (SSSR count). The molecule has 116 valence electrons. The molecule has 5 nitrogen and oxygen atoms in total. The van der Waals surface area contributed by atoms with Crippen molar-refractivity contribution in [3.8, 4) is 0 Å². The van der Waals surface area contributed by atoms with Crippen LogP contribution in [0.15, 0.2) is 29.4 Å². The lowest BCUT2D eigenvalue weighted by molar-refractivity contribution is 0.211. The minimum Gasteiger partial charge on any atom is -0.409 e. The summed E-state index contributed by atoms with van der Waals surface area (Å²) in [5.41, 5.74) is 7.50. The Morgan fingerprint density at radius 2 is 2.00 bits per heavy atom. The number of rotatable bonds is 6. The van der Waals surface area contributed by atoms with Gasteiger partial charge in [-0.3, -0.25) is 0 Å². The lowest BCUT2D eigenvalue weighted by Gasteiger charge is -2.28. The van der Waals surface area contributed by atoms with Crippen LogP contribution >= 0.6 is 0 Å². The second-order valence-electron chi connectivity index (χ2n) is 5.89. The highest BCUT2D eigenvalue weighted by atomic mass is 16.4. The fraction of sp³-hybridized carbons (Fsp3) is 0.562. The van der Waals surface area contributed by atoms with Crippen LogP contribution in [0.2, 0.25) is 0 Å². The van der Waals surface area contributed by atoms with Gasteiger partial charge in [-0.1, -0.05) is 29.4 Å². The quantitative estimate of drug-likeness (QED) is 0.245. The molecule has 21 heavy (non-hydrogen) atoms. The van der Waals surface area contributed by atoms with Crippen LogP contribution < -0.4 is 11.1 Å². The molecule has 1 aliphatic heterocycles. The zero-order valence-electron chi connectivity index (χ0n) is 12.8. The molecule has 1 heterocycles. The molecular weight excluding hydrogens is 264 g/mol. The second-order valence-corrected chi connectivity index (χ2v) is 5.89. The summed E-state index contributed by atoms with van der Waals surface area (Å²) in [6.45, 7) is 4.40. The van der Waals surface area contributed by atoms with E-state index in [1.165, 1.54) is 37.9 Å². The van der Waals surface area contributed by atoms with Gasteiger partial charge in [0.05, 0.1) is 0 Å². The smallest absolute Gasteiger partial charge is 0.170 e. The van der Waals surface area contributed by atoms with Gasteiger partial charge in [0.15, 0.2) is 5.84 Å². The number of oxime groups is 1. The Balaban J connectivity index is 1.67. The van der Waals surface area contributed by atoms with Crippen molar-refractivity contribution >= 4 is 5.84 Å².